The summed E-state index contributed by atoms with van der Waals surface area (Å²) < 4.78 is 4.62. The Bertz CT molecular complexity index is 149. The first-order valence-corrected chi connectivity index (χ1v) is 3.77. The van der Waals surface area contributed by atoms with Crippen molar-refractivity contribution in [2.45, 2.75) is 12.6 Å². The zero-order valence-electron chi connectivity index (χ0n) is 6.96. The zero-order chi connectivity index (χ0) is 8.27. The molecule has 0 aromatic heterocycles. The van der Waals surface area contributed by atoms with Crippen LogP contribution in [0.1, 0.15) is 6.42 Å². The number of carbonyl (C=O) groups is 1. The zero-order valence-corrected chi connectivity index (χ0v) is 6.96. The molecule has 4 nitrogen and oxygen atoms in total. The Morgan fingerprint density at radius 2 is 2.45 bits per heavy atom. The summed E-state index contributed by atoms with van der Waals surface area (Å²) in [6.45, 7) is 1.84. The molecule has 0 bridgehead atoms. The fourth-order valence-electron chi connectivity index (χ4n) is 1.23. The lowest BCUT2D eigenvalue weighted by Gasteiger charge is -2.30. The number of ether oxygens (including phenoxy) is 1. The Hall–Kier alpha value is -0.610. The highest BCUT2D eigenvalue weighted by atomic mass is 16.5. The third kappa shape index (κ3) is 1.91. The van der Waals surface area contributed by atoms with Crippen molar-refractivity contribution in [1.29, 1.82) is 0 Å². The van der Waals surface area contributed by atoms with Crippen molar-refractivity contribution in [2.24, 2.45) is 0 Å². The van der Waals surface area contributed by atoms with E-state index in [1.54, 1.807) is 0 Å². The third-order valence-corrected chi connectivity index (χ3v) is 1.89. The van der Waals surface area contributed by atoms with E-state index < -0.39 is 0 Å². The molecule has 1 rings (SSSR count). The van der Waals surface area contributed by atoms with Gasteiger partial charge < -0.3 is 4.74 Å². The van der Waals surface area contributed by atoms with Crippen molar-refractivity contribution in [3.8, 4) is 0 Å². The van der Waals surface area contributed by atoms with Crippen molar-refractivity contribution >= 4 is 5.97 Å². The van der Waals surface area contributed by atoms with Gasteiger partial charge in [0, 0.05) is 6.54 Å². The molecule has 11 heavy (non-hydrogen) atoms. The predicted molar refractivity (Wildman–Crippen MR) is 41.1 cm³/mol. The minimum atomic E-state index is -0.242. The van der Waals surface area contributed by atoms with Gasteiger partial charge in [0.2, 0.25) is 0 Å². The van der Waals surface area contributed by atoms with Gasteiger partial charge in [-0.2, -0.15) is 0 Å². The van der Waals surface area contributed by atoms with Crippen LogP contribution in [0.3, 0.4) is 0 Å². The van der Waals surface area contributed by atoms with E-state index in [2.05, 4.69) is 10.1 Å². The van der Waals surface area contributed by atoms with Crippen molar-refractivity contribution in [3.05, 3.63) is 0 Å². The summed E-state index contributed by atoms with van der Waals surface area (Å²) in [6, 6.07) is 0. The molecule has 4 heteroatoms. The minimum Gasteiger partial charge on any atom is -0.467 e. The van der Waals surface area contributed by atoms with Crippen LogP contribution >= 0.6 is 0 Å². The molecule has 1 N–H and O–H groups in total. The van der Waals surface area contributed by atoms with Crippen LogP contribution in [0.4, 0.5) is 0 Å². The average molecular weight is 158 g/mol. The normalized spacial score (nSPS) is 26.5. The number of carbonyl (C=O) groups excluding carboxylic acids is 1. The molecule has 0 saturated carbocycles. The Morgan fingerprint density at radius 1 is 1.73 bits per heavy atom. The molecule has 1 aliphatic rings. The lowest BCUT2D eigenvalue weighted by Crippen LogP contribution is -2.54. The molecule has 1 saturated heterocycles. The highest BCUT2D eigenvalue weighted by Crippen LogP contribution is 2.01. The number of esters is 1. The maximum Gasteiger partial charge on any atom is 0.338 e. The van der Waals surface area contributed by atoms with Gasteiger partial charge in [0.05, 0.1) is 7.11 Å². The molecule has 1 heterocycles. The molecule has 1 aliphatic heterocycles. The number of rotatable bonds is 1. The second-order valence-corrected chi connectivity index (χ2v) is 2.71. The first-order chi connectivity index (χ1) is 5.25. The van der Waals surface area contributed by atoms with E-state index >= 15 is 0 Å². The lowest BCUT2D eigenvalue weighted by atomic mass is 10.3. The Labute approximate surface area is 66.5 Å². The molecule has 1 fully saturated rings. The van der Waals surface area contributed by atoms with E-state index in [-0.39, 0.29) is 12.1 Å². The topological polar surface area (TPSA) is 41.6 Å². The van der Waals surface area contributed by atoms with Crippen LogP contribution in [0.25, 0.3) is 0 Å². The van der Waals surface area contributed by atoms with Gasteiger partial charge in [-0.15, -0.1) is 0 Å². The fraction of sp³-hybridized carbons (Fsp3) is 0.857. The second kappa shape index (κ2) is 3.69. The summed E-state index contributed by atoms with van der Waals surface area (Å²) in [5.74, 6) is -0.202. The summed E-state index contributed by atoms with van der Waals surface area (Å²) in [4.78, 5) is 13.0. The molecular formula is C7H14N2O2. The molecular weight excluding hydrogens is 144 g/mol. The third-order valence-electron chi connectivity index (χ3n) is 1.89. The van der Waals surface area contributed by atoms with Crippen LogP contribution in [0, 0.1) is 0 Å². The molecule has 1 unspecified atom stereocenters. The summed E-state index contributed by atoms with van der Waals surface area (Å²) >= 11 is 0. The largest absolute Gasteiger partial charge is 0.467 e. The molecule has 64 valence electrons. The molecule has 0 aromatic rings. The van der Waals surface area contributed by atoms with Crippen LogP contribution in [-0.2, 0) is 9.53 Å². The number of nitrogens with one attached hydrogen (secondary N) is 1. The van der Waals surface area contributed by atoms with Crippen LogP contribution in [0.2, 0.25) is 0 Å². The van der Waals surface area contributed by atoms with E-state index in [1.807, 2.05) is 11.9 Å². The van der Waals surface area contributed by atoms with Gasteiger partial charge in [-0.3, -0.25) is 10.2 Å². The summed E-state index contributed by atoms with van der Waals surface area (Å²) in [5.41, 5.74) is 0. The highest BCUT2D eigenvalue weighted by Gasteiger charge is 2.25. The number of hydrogen-bond acceptors (Lipinski definition) is 4. The molecule has 0 aliphatic carbocycles. The van der Waals surface area contributed by atoms with Crippen LogP contribution in [-0.4, -0.2) is 44.3 Å². The first kappa shape index (κ1) is 8.49. The van der Waals surface area contributed by atoms with Crippen molar-refractivity contribution in [1.82, 2.24) is 10.2 Å². The second-order valence-electron chi connectivity index (χ2n) is 2.71. The van der Waals surface area contributed by atoms with Gasteiger partial charge in [0.15, 0.2) is 6.17 Å². The molecule has 0 radical (unpaired) electrons. The smallest absolute Gasteiger partial charge is 0.338 e. The Balaban J connectivity index is 2.47. The van der Waals surface area contributed by atoms with E-state index in [0.717, 1.165) is 19.5 Å². The molecule has 0 aromatic carbocycles. The Morgan fingerprint density at radius 3 is 3.00 bits per heavy atom. The summed E-state index contributed by atoms with van der Waals surface area (Å²) in [7, 11) is 3.32. The number of nitrogens with zero attached hydrogens (tertiary/aromatic N) is 1. The standard InChI is InChI=1S/C7H14N2O2/c1-9-5-3-4-8-6(9)7(10)11-2/h6,8H,3-5H2,1-2H3. The van der Waals surface area contributed by atoms with Gasteiger partial charge in [-0.25, -0.2) is 4.79 Å². The fourth-order valence-corrected chi connectivity index (χ4v) is 1.23. The van der Waals surface area contributed by atoms with Gasteiger partial charge in [-0.05, 0) is 20.0 Å². The average Bonchev–Trinajstić information content (AvgIpc) is 2.04. The molecule has 0 spiro atoms. The molecule has 1 atom stereocenters. The van der Waals surface area contributed by atoms with E-state index in [9.17, 15) is 4.79 Å². The van der Waals surface area contributed by atoms with E-state index in [4.69, 9.17) is 0 Å². The van der Waals surface area contributed by atoms with Gasteiger partial charge >= 0.3 is 5.97 Å². The maximum absolute atomic E-state index is 11.1. The van der Waals surface area contributed by atoms with E-state index in [1.165, 1.54) is 7.11 Å². The van der Waals surface area contributed by atoms with Gasteiger partial charge in [-0.1, -0.05) is 0 Å². The predicted octanol–water partition coefficient (Wildman–Crippen LogP) is -0.589. The quantitative estimate of drug-likeness (QED) is 0.518. The summed E-state index contributed by atoms with van der Waals surface area (Å²) in [5, 5.41) is 3.07. The Kier molecular flexibility index (Phi) is 2.84. The summed E-state index contributed by atoms with van der Waals surface area (Å²) in [6.07, 6.45) is 0.845. The lowest BCUT2D eigenvalue weighted by molar-refractivity contribution is -0.148. The van der Waals surface area contributed by atoms with Crippen molar-refractivity contribution in [2.75, 3.05) is 27.2 Å². The molecule has 0 amide bonds. The van der Waals surface area contributed by atoms with Crippen LogP contribution in [0.5, 0.6) is 0 Å². The van der Waals surface area contributed by atoms with Crippen molar-refractivity contribution < 1.29 is 9.53 Å². The minimum absolute atomic E-state index is 0.202. The van der Waals surface area contributed by atoms with Crippen molar-refractivity contribution in [3.63, 3.8) is 0 Å². The first-order valence-electron chi connectivity index (χ1n) is 3.77. The number of methoxy groups -OCH3 is 1. The van der Waals surface area contributed by atoms with E-state index in [0.29, 0.717) is 0 Å². The maximum atomic E-state index is 11.1. The number of hydrogen-bond donors (Lipinski definition) is 1. The SMILES string of the molecule is COC(=O)C1NCCCN1C. The van der Waals surface area contributed by atoms with Gasteiger partial charge in [0.25, 0.3) is 0 Å². The monoisotopic (exact) mass is 158 g/mol. The van der Waals surface area contributed by atoms with Crippen LogP contribution in [0.15, 0.2) is 0 Å². The number of likely N-dealkylation sites (N-methyl/N-ethyl adjacent to an activating group) is 1. The highest BCUT2D eigenvalue weighted by molar-refractivity contribution is 5.75. The van der Waals surface area contributed by atoms with Gasteiger partial charge in [0.1, 0.15) is 0 Å². The van der Waals surface area contributed by atoms with Crippen LogP contribution < -0.4 is 5.32 Å².